The van der Waals surface area contributed by atoms with Gasteiger partial charge in [-0.1, -0.05) is 24.3 Å². The first-order valence-corrected chi connectivity index (χ1v) is 5.79. The maximum Gasteiger partial charge on any atom is 0.0621 e. The second-order valence-corrected chi connectivity index (χ2v) is 3.24. The van der Waals surface area contributed by atoms with Crippen molar-refractivity contribution in [2.24, 2.45) is 0 Å². The lowest BCUT2D eigenvalue weighted by atomic mass is 10.2. The molecule has 0 atom stereocenters. The molecule has 0 aromatic heterocycles. The topological polar surface area (TPSA) is 47.6 Å². The first kappa shape index (κ1) is 16.9. The van der Waals surface area contributed by atoms with E-state index in [-0.39, 0.29) is 0 Å². The molecular formula is C14H22N2. The van der Waals surface area contributed by atoms with Crippen LogP contribution in [0, 0.1) is 22.7 Å². The lowest BCUT2D eigenvalue weighted by Gasteiger charge is -1.82. The smallest absolute Gasteiger partial charge is 0.0621 e. The molecule has 0 aromatic rings. The van der Waals surface area contributed by atoms with E-state index in [0.29, 0.717) is 12.8 Å². The zero-order chi connectivity index (χ0) is 12.5. The summed E-state index contributed by atoms with van der Waals surface area (Å²) in [6.07, 6.45) is 13.6. The van der Waals surface area contributed by atoms with Crippen LogP contribution in [-0.2, 0) is 0 Å². The van der Waals surface area contributed by atoms with E-state index in [2.05, 4.69) is 24.3 Å². The van der Waals surface area contributed by atoms with Crippen LogP contribution in [-0.4, -0.2) is 0 Å². The highest BCUT2D eigenvalue weighted by molar-refractivity contribution is 4.79. The average Bonchev–Trinajstić information content (AvgIpc) is 2.31. The molecule has 2 nitrogen and oxygen atoms in total. The molecule has 0 unspecified atom stereocenters. The fraction of sp³-hybridized carbons (Fsp3) is 0.571. The second kappa shape index (κ2) is 19.1. The molecule has 0 N–H and O–H groups in total. The molecule has 0 radical (unpaired) electrons. The van der Waals surface area contributed by atoms with E-state index in [1.807, 2.05) is 26.0 Å². The number of nitrogens with zero attached hydrogens (tertiary/aromatic N) is 2. The molecular weight excluding hydrogens is 196 g/mol. The predicted molar refractivity (Wildman–Crippen MR) is 68.6 cm³/mol. The highest BCUT2D eigenvalue weighted by atomic mass is 14.2. The molecule has 2 heteroatoms. The number of hydrogen-bond acceptors (Lipinski definition) is 2. The fourth-order valence-electron chi connectivity index (χ4n) is 0.931. The quantitative estimate of drug-likeness (QED) is 0.486. The third kappa shape index (κ3) is 22.9. The Bertz CT molecular complexity index is 223. The Morgan fingerprint density at radius 2 is 1.19 bits per heavy atom. The van der Waals surface area contributed by atoms with E-state index < -0.39 is 0 Å². The molecule has 0 amide bonds. The van der Waals surface area contributed by atoms with Crippen molar-refractivity contribution < 1.29 is 0 Å². The molecule has 0 rings (SSSR count). The van der Waals surface area contributed by atoms with Crippen molar-refractivity contribution in [2.75, 3.05) is 0 Å². The van der Waals surface area contributed by atoms with Crippen LogP contribution in [0.1, 0.15) is 52.4 Å². The van der Waals surface area contributed by atoms with Crippen molar-refractivity contribution in [1.29, 1.82) is 10.5 Å². The molecule has 0 heterocycles. The third-order valence-corrected chi connectivity index (χ3v) is 1.79. The van der Waals surface area contributed by atoms with Gasteiger partial charge in [0.1, 0.15) is 0 Å². The van der Waals surface area contributed by atoms with Crippen molar-refractivity contribution in [1.82, 2.24) is 0 Å². The highest BCUT2D eigenvalue weighted by Crippen LogP contribution is 1.94. The number of allylic oxidation sites excluding steroid dienone is 4. The Kier molecular flexibility index (Phi) is 20.1. The second-order valence-electron chi connectivity index (χ2n) is 3.24. The summed E-state index contributed by atoms with van der Waals surface area (Å²) >= 11 is 0. The van der Waals surface area contributed by atoms with E-state index in [0.717, 1.165) is 25.7 Å². The fourth-order valence-corrected chi connectivity index (χ4v) is 0.931. The van der Waals surface area contributed by atoms with Gasteiger partial charge in [0, 0.05) is 12.8 Å². The van der Waals surface area contributed by atoms with Crippen LogP contribution in [0.5, 0.6) is 0 Å². The average molecular weight is 218 g/mol. The first-order valence-electron chi connectivity index (χ1n) is 5.79. The molecule has 0 saturated heterocycles. The summed E-state index contributed by atoms with van der Waals surface area (Å²) in [4.78, 5) is 0. The van der Waals surface area contributed by atoms with Crippen molar-refractivity contribution in [2.45, 2.75) is 52.4 Å². The molecule has 0 bridgehead atoms. The van der Waals surface area contributed by atoms with Crippen molar-refractivity contribution in [3.63, 3.8) is 0 Å². The van der Waals surface area contributed by atoms with Gasteiger partial charge in [-0.2, -0.15) is 10.5 Å². The van der Waals surface area contributed by atoms with E-state index in [4.69, 9.17) is 10.5 Å². The molecule has 0 saturated carbocycles. The SMILES string of the molecule is CC=CCCCC#N.CC=CCCCC#N. The lowest BCUT2D eigenvalue weighted by Crippen LogP contribution is -1.66. The Labute approximate surface area is 99.9 Å². The van der Waals surface area contributed by atoms with E-state index in [1.165, 1.54) is 0 Å². The number of rotatable bonds is 6. The monoisotopic (exact) mass is 218 g/mol. The van der Waals surface area contributed by atoms with E-state index in [1.54, 1.807) is 0 Å². The normalized spacial score (nSPS) is 9.50. The maximum atomic E-state index is 8.09. The number of nitriles is 2. The van der Waals surface area contributed by atoms with Crippen LogP contribution in [0.2, 0.25) is 0 Å². The maximum absolute atomic E-state index is 8.09. The Morgan fingerprint density at radius 3 is 1.44 bits per heavy atom. The van der Waals surface area contributed by atoms with Crippen molar-refractivity contribution >= 4 is 0 Å². The number of unbranched alkanes of at least 4 members (excludes halogenated alkanes) is 4. The molecule has 0 aromatic carbocycles. The van der Waals surface area contributed by atoms with Crippen LogP contribution >= 0.6 is 0 Å². The molecule has 88 valence electrons. The summed E-state index contributed by atoms with van der Waals surface area (Å²) in [5, 5.41) is 16.2. The van der Waals surface area contributed by atoms with Crippen LogP contribution in [0.3, 0.4) is 0 Å². The van der Waals surface area contributed by atoms with Gasteiger partial charge >= 0.3 is 0 Å². The predicted octanol–water partition coefficient (Wildman–Crippen LogP) is 4.51. The standard InChI is InChI=1S/2C7H11N/c2*1-2-3-4-5-6-7-8/h2*2-3H,4-6H2,1H3. The Hall–Kier alpha value is -1.54. The van der Waals surface area contributed by atoms with Crippen LogP contribution in [0.25, 0.3) is 0 Å². The van der Waals surface area contributed by atoms with Gasteiger partial charge in [-0.05, 0) is 39.5 Å². The third-order valence-electron chi connectivity index (χ3n) is 1.79. The minimum absolute atomic E-state index is 0.685. The van der Waals surface area contributed by atoms with E-state index >= 15 is 0 Å². The molecule has 0 aliphatic carbocycles. The highest BCUT2D eigenvalue weighted by Gasteiger charge is 1.78. The minimum Gasteiger partial charge on any atom is -0.198 e. The molecule has 0 fully saturated rings. The summed E-state index contributed by atoms with van der Waals surface area (Å²) < 4.78 is 0. The summed E-state index contributed by atoms with van der Waals surface area (Å²) in [7, 11) is 0. The van der Waals surface area contributed by atoms with Gasteiger partial charge in [0.25, 0.3) is 0 Å². The van der Waals surface area contributed by atoms with Crippen LogP contribution in [0.4, 0.5) is 0 Å². The van der Waals surface area contributed by atoms with Gasteiger partial charge in [0.15, 0.2) is 0 Å². The molecule has 0 aliphatic heterocycles. The zero-order valence-electron chi connectivity index (χ0n) is 10.4. The molecule has 0 spiro atoms. The summed E-state index contributed by atoms with van der Waals surface area (Å²) in [5.41, 5.74) is 0. The van der Waals surface area contributed by atoms with Gasteiger partial charge in [-0.25, -0.2) is 0 Å². The minimum atomic E-state index is 0.685. The molecule has 16 heavy (non-hydrogen) atoms. The first-order chi connectivity index (χ1) is 7.83. The van der Waals surface area contributed by atoms with Crippen LogP contribution in [0.15, 0.2) is 24.3 Å². The largest absolute Gasteiger partial charge is 0.198 e. The van der Waals surface area contributed by atoms with Gasteiger partial charge in [-0.3, -0.25) is 0 Å². The lowest BCUT2D eigenvalue weighted by molar-refractivity contribution is 0.875. The Morgan fingerprint density at radius 1 is 0.812 bits per heavy atom. The van der Waals surface area contributed by atoms with Crippen LogP contribution < -0.4 is 0 Å². The van der Waals surface area contributed by atoms with Gasteiger partial charge in [0.05, 0.1) is 12.1 Å². The van der Waals surface area contributed by atoms with Crippen molar-refractivity contribution in [3.8, 4) is 12.1 Å². The van der Waals surface area contributed by atoms with Crippen molar-refractivity contribution in [3.05, 3.63) is 24.3 Å². The molecule has 0 aliphatic rings. The summed E-state index contributed by atoms with van der Waals surface area (Å²) in [6, 6.07) is 4.19. The summed E-state index contributed by atoms with van der Waals surface area (Å²) in [5.74, 6) is 0. The van der Waals surface area contributed by atoms with Gasteiger partial charge < -0.3 is 0 Å². The van der Waals surface area contributed by atoms with E-state index in [9.17, 15) is 0 Å². The van der Waals surface area contributed by atoms with Gasteiger partial charge in [0.2, 0.25) is 0 Å². The number of hydrogen-bond donors (Lipinski definition) is 0. The zero-order valence-corrected chi connectivity index (χ0v) is 10.4. The summed E-state index contributed by atoms with van der Waals surface area (Å²) in [6.45, 7) is 3.98. The van der Waals surface area contributed by atoms with Gasteiger partial charge in [-0.15, -0.1) is 0 Å². The Balaban J connectivity index is 0.